The van der Waals surface area contributed by atoms with Crippen LogP contribution >= 0.6 is 11.6 Å². The predicted molar refractivity (Wildman–Crippen MR) is 111 cm³/mol. The average Bonchev–Trinajstić information content (AvgIpc) is 3.21. The topological polar surface area (TPSA) is 62.0 Å². The van der Waals surface area contributed by atoms with Gasteiger partial charge in [-0.2, -0.15) is 0 Å². The number of aryl methyl sites for hydroxylation is 1. The second-order valence-electron chi connectivity index (χ2n) is 7.25. The van der Waals surface area contributed by atoms with Crippen LogP contribution in [0.3, 0.4) is 0 Å². The van der Waals surface area contributed by atoms with Gasteiger partial charge in [0.25, 0.3) is 5.91 Å². The average molecular weight is 407 g/mol. The smallest absolute Gasteiger partial charge is 0.256 e. The normalized spacial score (nSPS) is 16.7. The molecule has 1 aromatic heterocycles. The zero-order valence-corrected chi connectivity index (χ0v) is 16.1. The van der Waals surface area contributed by atoms with Crippen LogP contribution in [0.2, 0.25) is 5.02 Å². The number of hydrogen-bond donors (Lipinski definition) is 2. The van der Waals surface area contributed by atoms with Crippen molar-refractivity contribution < 1.29 is 14.0 Å². The highest BCUT2D eigenvalue weighted by atomic mass is 35.5. The fourth-order valence-electron chi connectivity index (χ4n) is 4.09. The maximum atomic E-state index is 13.5. The number of nitrogens with one attached hydrogen (secondary N) is 2. The van der Waals surface area contributed by atoms with Gasteiger partial charge in [-0.25, -0.2) is 4.39 Å². The summed E-state index contributed by atoms with van der Waals surface area (Å²) < 4.78 is 13.5. The molecule has 0 spiro atoms. The lowest BCUT2D eigenvalue weighted by Crippen LogP contribution is -2.09. The number of carbonyl (C=O) groups is 2. The zero-order valence-electron chi connectivity index (χ0n) is 15.3. The molecule has 0 bridgehead atoms. The monoisotopic (exact) mass is 406 g/mol. The quantitative estimate of drug-likeness (QED) is 0.553. The second kappa shape index (κ2) is 6.71. The highest BCUT2D eigenvalue weighted by Gasteiger charge is 2.29. The minimum Gasteiger partial charge on any atom is -0.358 e. The van der Waals surface area contributed by atoms with E-state index in [0.717, 1.165) is 24.1 Å². The van der Waals surface area contributed by atoms with E-state index in [4.69, 9.17) is 11.6 Å². The van der Waals surface area contributed by atoms with E-state index in [1.165, 1.54) is 12.1 Å². The van der Waals surface area contributed by atoms with Crippen LogP contribution < -0.4 is 5.32 Å². The van der Waals surface area contributed by atoms with Crippen molar-refractivity contribution in [3.05, 3.63) is 75.8 Å². The van der Waals surface area contributed by atoms with Crippen molar-refractivity contribution >= 4 is 40.6 Å². The van der Waals surface area contributed by atoms with E-state index in [1.54, 1.807) is 36.4 Å². The fraction of sp³-hybridized carbons (Fsp3) is 0.130. The van der Waals surface area contributed by atoms with Crippen LogP contribution in [0.4, 0.5) is 10.1 Å². The SMILES string of the molecule is O=C1Nc2ccc(Cl)cc2/C1=C/c1[nH]c2c(c1-c1ccc(F)cc1)C(=O)CCC2. The number of benzene rings is 2. The first-order valence-corrected chi connectivity index (χ1v) is 9.76. The van der Waals surface area contributed by atoms with E-state index >= 15 is 0 Å². The number of ketones is 1. The molecule has 2 N–H and O–H groups in total. The van der Waals surface area contributed by atoms with Crippen molar-refractivity contribution in [3.63, 3.8) is 0 Å². The molecule has 0 saturated carbocycles. The van der Waals surface area contributed by atoms with Gasteiger partial charge in [0.05, 0.1) is 5.57 Å². The minimum absolute atomic E-state index is 0.0609. The summed E-state index contributed by atoms with van der Waals surface area (Å²) in [6, 6.07) is 11.3. The lowest BCUT2D eigenvalue weighted by molar-refractivity contribution is -0.110. The maximum absolute atomic E-state index is 13.5. The van der Waals surface area contributed by atoms with Gasteiger partial charge in [-0.05, 0) is 54.8 Å². The molecule has 0 radical (unpaired) electrons. The lowest BCUT2D eigenvalue weighted by atomic mass is 9.90. The summed E-state index contributed by atoms with van der Waals surface area (Å²) in [6.45, 7) is 0. The summed E-state index contributed by atoms with van der Waals surface area (Å²) in [4.78, 5) is 28.6. The van der Waals surface area contributed by atoms with Gasteiger partial charge >= 0.3 is 0 Å². The van der Waals surface area contributed by atoms with Crippen molar-refractivity contribution in [2.75, 3.05) is 5.32 Å². The first-order chi connectivity index (χ1) is 14.0. The molecule has 1 aliphatic heterocycles. The van der Waals surface area contributed by atoms with Crippen molar-refractivity contribution in [3.8, 4) is 11.1 Å². The largest absolute Gasteiger partial charge is 0.358 e. The van der Waals surface area contributed by atoms with E-state index < -0.39 is 0 Å². The molecule has 2 aromatic carbocycles. The van der Waals surface area contributed by atoms with Crippen LogP contribution in [0.25, 0.3) is 22.8 Å². The van der Waals surface area contributed by atoms with Gasteiger partial charge in [-0.3, -0.25) is 9.59 Å². The number of fused-ring (bicyclic) bond motifs is 2. The van der Waals surface area contributed by atoms with Gasteiger partial charge in [0.2, 0.25) is 0 Å². The van der Waals surface area contributed by atoms with Gasteiger partial charge in [0.1, 0.15) is 5.82 Å². The van der Waals surface area contributed by atoms with Crippen LogP contribution in [0, 0.1) is 5.82 Å². The number of carbonyl (C=O) groups excluding carboxylic acids is 2. The number of Topliss-reactive ketones (excluding diaryl/α,β-unsaturated/α-hetero) is 1. The Morgan fingerprint density at radius 2 is 1.79 bits per heavy atom. The Balaban J connectivity index is 1.73. The molecule has 1 amide bonds. The van der Waals surface area contributed by atoms with E-state index in [-0.39, 0.29) is 17.5 Å². The van der Waals surface area contributed by atoms with Crippen LogP contribution in [0.1, 0.15) is 40.2 Å². The minimum atomic E-state index is -0.344. The molecule has 6 heteroatoms. The maximum Gasteiger partial charge on any atom is 0.256 e. The number of aromatic nitrogens is 1. The summed E-state index contributed by atoms with van der Waals surface area (Å²) in [5, 5.41) is 3.37. The molecule has 0 saturated heterocycles. The third kappa shape index (κ3) is 2.98. The van der Waals surface area contributed by atoms with Crippen LogP contribution in [-0.4, -0.2) is 16.7 Å². The van der Waals surface area contributed by atoms with Crippen LogP contribution in [-0.2, 0) is 11.2 Å². The van der Waals surface area contributed by atoms with Crippen molar-refractivity contribution in [1.82, 2.24) is 4.98 Å². The van der Waals surface area contributed by atoms with E-state index in [0.29, 0.717) is 45.1 Å². The standard InChI is InChI=1S/C23H16ClFN2O2/c24-13-6-9-17-15(10-13)16(23(29)27-17)11-19-21(12-4-7-14(25)8-5-12)22-18(26-19)2-1-3-20(22)28/h4-11,26H,1-3H2,(H,27,29)/b16-11-. The number of hydrogen-bond acceptors (Lipinski definition) is 2. The van der Waals surface area contributed by atoms with Crippen molar-refractivity contribution in [2.45, 2.75) is 19.3 Å². The number of rotatable bonds is 2. The molecule has 1 aliphatic carbocycles. The van der Waals surface area contributed by atoms with Crippen LogP contribution in [0.5, 0.6) is 0 Å². The molecular weight excluding hydrogens is 391 g/mol. The molecule has 0 atom stereocenters. The molecule has 5 rings (SSSR count). The molecule has 29 heavy (non-hydrogen) atoms. The van der Waals surface area contributed by atoms with Gasteiger partial charge in [0, 0.05) is 45.2 Å². The molecule has 4 nitrogen and oxygen atoms in total. The molecule has 144 valence electrons. The molecule has 0 fully saturated rings. The third-order valence-electron chi connectivity index (χ3n) is 5.40. The third-order valence-corrected chi connectivity index (χ3v) is 5.64. The summed E-state index contributed by atoms with van der Waals surface area (Å²) in [5.41, 5.74) is 5.48. The molecule has 3 aromatic rings. The Morgan fingerprint density at radius 1 is 1.00 bits per heavy atom. The highest BCUT2D eigenvalue weighted by Crippen LogP contribution is 2.39. The van der Waals surface area contributed by atoms with E-state index in [9.17, 15) is 14.0 Å². The predicted octanol–water partition coefficient (Wildman–Crippen LogP) is 5.49. The summed E-state index contributed by atoms with van der Waals surface area (Å²) in [6.07, 6.45) is 3.77. The van der Waals surface area contributed by atoms with E-state index in [2.05, 4.69) is 10.3 Å². The van der Waals surface area contributed by atoms with Gasteiger partial charge in [-0.15, -0.1) is 0 Å². The first-order valence-electron chi connectivity index (χ1n) is 9.38. The highest BCUT2D eigenvalue weighted by molar-refractivity contribution is 6.37. The Kier molecular flexibility index (Phi) is 4.14. The number of anilines is 1. The zero-order chi connectivity index (χ0) is 20.1. The van der Waals surface area contributed by atoms with Crippen LogP contribution in [0.15, 0.2) is 42.5 Å². The van der Waals surface area contributed by atoms with Crippen molar-refractivity contribution in [2.24, 2.45) is 0 Å². The Bertz CT molecular complexity index is 1210. The Morgan fingerprint density at radius 3 is 2.59 bits per heavy atom. The number of halogens is 2. The second-order valence-corrected chi connectivity index (χ2v) is 7.69. The van der Waals surface area contributed by atoms with Gasteiger partial charge in [0.15, 0.2) is 5.78 Å². The van der Waals surface area contributed by atoms with Crippen molar-refractivity contribution in [1.29, 1.82) is 0 Å². The van der Waals surface area contributed by atoms with Gasteiger partial charge in [-0.1, -0.05) is 23.7 Å². The number of amides is 1. The summed E-state index contributed by atoms with van der Waals surface area (Å²) in [5.74, 6) is -0.514. The summed E-state index contributed by atoms with van der Waals surface area (Å²) >= 11 is 6.13. The van der Waals surface area contributed by atoms with Gasteiger partial charge < -0.3 is 10.3 Å². The van der Waals surface area contributed by atoms with E-state index in [1.807, 2.05) is 0 Å². The molecule has 2 heterocycles. The number of H-pyrrole nitrogens is 1. The lowest BCUT2D eigenvalue weighted by Gasteiger charge is -2.12. The molecule has 2 aliphatic rings. The Labute approximate surface area is 171 Å². The first kappa shape index (κ1) is 17.9. The Hall–Kier alpha value is -3.18. The fourth-order valence-corrected chi connectivity index (χ4v) is 4.26. The molecule has 0 unspecified atom stereocenters. The number of aromatic amines is 1. The molecular formula is C23H16ClFN2O2. The summed E-state index contributed by atoms with van der Waals surface area (Å²) in [7, 11) is 0.